The van der Waals surface area contributed by atoms with E-state index in [4.69, 9.17) is 0 Å². The lowest BCUT2D eigenvalue weighted by atomic mass is 10.0. The lowest BCUT2D eigenvalue weighted by Crippen LogP contribution is -2.58. The van der Waals surface area contributed by atoms with Crippen molar-refractivity contribution in [1.29, 1.82) is 0 Å². The smallest absolute Gasteiger partial charge is 0.0198 e. The van der Waals surface area contributed by atoms with Crippen LogP contribution in [0.5, 0.6) is 0 Å². The Morgan fingerprint density at radius 2 is 1.50 bits per heavy atom. The molecule has 0 bridgehead atoms. The van der Waals surface area contributed by atoms with E-state index in [9.17, 15) is 0 Å². The quantitative estimate of drug-likeness (QED) is 0.727. The molecule has 1 aliphatic heterocycles. The highest BCUT2D eigenvalue weighted by Gasteiger charge is 2.29. The fraction of sp³-hybridized carbons (Fsp3) is 1.00. The Bertz CT molecular complexity index is 189. The molecule has 0 aliphatic carbocycles. The minimum atomic E-state index is 0.692. The van der Waals surface area contributed by atoms with Gasteiger partial charge in [0.15, 0.2) is 0 Å². The van der Waals surface area contributed by atoms with E-state index in [1.54, 1.807) is 0 Å². The molecule has 2 atom stereocenters. The predicted molar refractivity (Wildman–Crippen MR) is 71.8 cm³/mol. The summed E-state index contributed by atoms with van der Waals surface area (Å²) < 4.78 is 0. The zero-order valence-corrected chi connectivity index (χ0v) is 12.0. The van der Waals surface area contributed by atoms with E-state index in [0.29, 0.717) is 18.1 Å². The molecule has 2 heteroatoms. The second-order valence-electron chi connectivity index (χ2n) is 6.17. The number of nitrogens with zero attached hydrogens (tertiary/aromatic N) is 2. The maximum atomic E-state index is 2.69. The van der Waals surface area contributed by atoms with Gasteiger partial charge >= 0.3 is 0 Å². The summed E-state index contributed by atoms with van der Waals surface area (Å²) in [6.45, 7) is 17.8. The first-order valence-electron chi connectivity index (χ1n) is 6.91. The van der Waals surface area contributed by atoms with E-state index in [0.717, 1.165) is 5.92 Å². The molecule has 1 saturated heterocycles. The van der Waals surface area contributed by atoms with Gasteiger partial charge in [0, 0.05) is 31.2 Å². The zero-order chi connectivity index (χ0) is 12.3. The maximum absolute atomic E-state index is 2.69. The van der Waals surface area contributed by atoms with E-state index < -0.39 is 0 Å². The van der Waals surface area contributed by atoms with Crippen LogP contribution in [0, 0.1) is 5.92 Å². The van der Waals surface area contributed by atoms with Gasteiger partial charge in [-0.2, -0.15) is 0 Å². The van der Waals surface area contributed by atoms with Crippen LogP contribution >= 0.6 is 0 Å². The average molecular weight is 226 g/mol. The van der Waals surface area contributed by atoms with Gasteiger partial charge in [-0.3, -0.25) is 9.80 Å². The number of piperazine rings is 1. The van der Waals surface area contributed by atoms with Crippen molar-refractivity contribution in [2.75, 3.05) is 19.6 Å². The molecule has 16 heavy (non-hydrogen) atoms. The van der Waals surface area contributed by atoms with Crippen molar-refractivity contribution in [1.82, 2.24) is 9.80 Å². The topological polar surface area (TPSA) is 6.48 Å². The lowest BCUT2D eigenvalue weighted by Gasteiger charge is -2.46. The van der Waals surface area contributed by atoms with Crippen LogP contribution in [0.1, 0.15) is 48.0 Å². The molecule has 1 heterocycles. The summed E-state index contributed by atoms with van der Waals surface area (Å²) in [6.07, 6.45) is 1.33. The van der Waals surface area contributed by atoms with Crippen LogP contribution < -0.4 is 0 Å². The van der Waals surface area contributed by atoms with Gasteiger partial charge in [-0.25, -0.2) is 0 Å². The number of hydrogen-bond donors (Lipinski definition) is 0. The Kier molecular flexibility index (Phi) is 5.26. The Morgan fingerprint density at radius 1 is 1.00 bits per heavy atom. The van der Waals surface area contributed by atoms with Gasteiger partial charge in [0.2, 0.25) is 0 Å². The third-order valence-corrected chi connectivity index (χ3v) is 3.82. The summed E-state index contributed by atoms with van der Waals surface area (Å²) in [5, 5.41) is 0. The molecular weight excluding hydrogens is 196 g/mol. The highest BCUT2D eigenvalue weighted by molar-refractivity contribution is 4.86. The second-order valence-corrected chi connectivity index (χ2v) is 6.17. The summed E-state index contributed by atoms with van der Waals surface area (Å²) in [5.41, 5.74) is 0. The summed E-state index contributed by atoms with van der Waals surface area (Å²) in [5.74, 6) is 0.822. The van der Waals surface area contributed by atoms with E-state index in [1.165, 1.54) is 26.1 Å². The minimum Gasteiger partial charge on any atom is -0.298 e. The molecule has 0 spiro atoms. The van der Waals surface area contributed by atoms with Gasteiger partial charge in [0.05, 0.1) is 0 Å². The second kappa shape index (κ2) is 6.02. The zero-order valence-electron chi connectivity index (χ0n) is 12.0. The summed E-state index contributed by atoms with van der Waals surface area (Å²) in [4.78, 5) is 5.31. The predicted octanol–water partition coefficient (Wildman–Crippen LogP) is 2.84. The molecule has 1 rings (SSSR count). The van der Waals surface area contributed by atoms with Crippen molar-refractivity contribution in [3.05, 3.63) is 0 Å². The molecule has 1 fully saturated rings. The molecule has 1 aliphatic rings. The maximum Gasteiger partial charge on any atom is 0.0198 e. The first kappa shape index (κ1) is 14.0. The SMILES string of the molecule is CC(C)CCN1[C@H](C)CN(C(C)C)C[C@H]1C. The standard InChI is InChI=1S/C14H30N2/c1-11(2)7-8-16-13(5)9-15(12(3)4)10-14(16)6/h11-14H,7-10H2,1-6H3/t13-,14-/m1/s1. The number of hydrogen-bond acceptors (Lipinski definition) is 2. The molecule has 2 nitrogen and oxygen atoms in total. The molecule has 0 aromatic carbocycles. The first-order chi connectivity index (χ1) is 7.41. The summed E-state index contributed by atoms with van der Waals surface area (Å²) in [7, 11) is 0. The number of rotatable bonds is 4. The van der Waals surface area contributed by atoms with Crippen LogP contribution in [-0.2, 0) is 0 Å². The Morgan fingerprint density at radius 3 is 1.88 bits per heavy atom. The minimum absolute atomic E-state index is 0.692. The van der Waals surface area contributed by atoms with Crippen LogP contribution in [0.25, 0.3) is 0 Å². The highest BCUT2D eigenvalue weighted by Crippen LogP contribution is 2.18. The highest BCUT2D eigenvalue weighted by atomic mass is 15.3. The Hall–Kier alpha value is -0.0800. The molecule has 0 aromatic rings. The largest absolute Gasteiger partial charge is 0.298 e. The van der Waals surface area contributed by atoms with Crippen molar-refractivity contribution >= 4 is 0 Å². The normalized spacial score (nSPS) is 29.2. The fourth-order valence-electron chi connectivity index (χ4n) is 2.67. The van der Waals surface area contributed by atoms with Gasteiger partial charge in [0.1, 0.15) is 0 Å². The van der Waals surface area contributed by atoms with Crippen LogP contribution in [0.3, 0.4) is 0 Å². The summed E-state index contributed by atoms with van der Waals surface area (Å²) >= 11 is 0. The van der Waals surface area contributed by atoms with Crippen molar-refractivity contribution in [3.8, 4) is 0 Å². The van der Waals surface area contributed by atoms with Gasteiger partial charge in [-0.05, 0) is 46.6 Å². The molecule has 0 radical (unpaired) electrons. The van der Waals surface area contributed by atoms with Crippen molar-refractivity contribution in [2.24, 2.45) is 5.92 Å². The van der Waals surface area contributed by atoms with Crippen LogP contribution in [-0.4, -0.2) is 47.6 Å². The van der Waals surface area contributed by atoms with E-state index in [1.807, 2.05) is 0 Å². The third-order valence-electron chi connectivity index (χ3n) is 3.82. The van der Waals surface area contributed by atoms with Gasteiger partial charge in [-0.15, -0.1) is 0 Å². The van der Waals surface area contributed by atoms with E-state index in [2.05, 4.69) is 51.3 Å². The molecule has 0 unspecified atom stereocenters. The summed E-state index contributed by atoms with van der Waals surface area (Å²) in [6, 6.07) is 2.12. The van der Waals surface area contributed by atoms with E-state index in [-0.39, 0.29) is 0 Å². The monoisotopic (exact) mass is 226 g/mol. The van der Waals surface area contributed by atoms with Gasteiger partial charge in [0.25, 0.3) is 0 Å². The average Bonchev–Trinajstić information content (AvgIpc) is 2.15. The molecule has 0 aromatic heterocycles. The first-order valence-corrected chi connectivity index (χ1v) is 6.91. The van der Waals surface area contributed by atoms with Crippen molar-refractivity contribution < 1.29 is 0 Å². The molecule has 0 saturated carbocycles. The Labute approximate surface area is 102 Å². The van der Waals surface area contributed by atoms with E-state index >= 15 is 0 Å². The molecule has 96 valence electrons. The van der Waals surface area contributed by atoms with Crippen molar-refractivity contribution in [3.63, 3.8) is 0 Å². The van der Waals surface area contributed by atoms with Crippen LogP contribution in [0.15, 0.2) is 0 Å². The van der Waals surface area contributed by atoms with Gasteiger partial charge < -0.3 is 0 Å². The third kappa shape index (κ3) is 3.74. The fourth-order valence-corrected chi connectivity index (χ4v) is 2.67. The van der Waals surface area contributed by atoms with Crippen LogP contribution in [0.4, 0.5) is 0 Å². The molecule has 0 amide bonds. The van der Waals surface area contributed by atoms with Gasteiger partial charge in [-0.1, -0.05) is 13.8 Å². The lowest BCUT2D eigenvalue weighted by molar-refractivity contribution is 0.0212. The molecular formula is C14H30N2. The van der Waals surface area contributed by atoms with Crippen molar-refractivity contribution in [2.45, 2.75) is 66.1 Å². The van der Waals surface area contributed by atoms with Crippen LogP contribution in [0.2, 0.25) is 0 Å². The Balaban J connectivity index is 2.48. The molecule has 0 N–H and O–H groups in total.